The number of aliphatic hydroxyl groups is 2. The van der Waals surface area contributed by atoms with Crippen molar-refractivity contribution in [3.8, 4) is 0 Å². The van der Waals surface area contributed by atoms with E-state index in [2.05, 4.69) is 15.1 Å². The van der Waals surface area contributed by atoms with Crippen LogP contribution in [0.1, 0.15) is 11.8 Å². The van der Waals surface area contributed by atoms with Gasteiger partial charge in [-0.1, -0.05) is 30.3 Å². The molecule has 26 heavy (non-hydrogen) atoms. The Morgan fingerprint density at radius 1 is 1.31 bits per heavy atom. The molecule has 3 N–H and O–H groups in total. The number of rotatable bonds is 5. The van der Waals surface area contributed by atoms with E-state index >= 15 is 0 Å². The van der Waals surface area contributed by atoms with Gasteiger partial charge in [-0.15, -0.1) is 0 Å². The fourth-order valence-electron chi connectivity index (χ4n) is 3.10. The summed E-state index contributed by atoms with van der Waals surface area (Å²) < 4.78 is 12.9. The van der Waals surface area contributed by atoms with Crippen molar-refractivity contribution in [3.63, 3.8) is 0 Å². The second-order valence-corrected chi connectivity index (χ2v) is 6.06. The average molecular weight is 358 g/mol. The fourth-order valence-corrected chi connectivity index (χ4v) is 3.10. The lowest BCUT2D eigenvalue weighted by Gasteiger charge is -2.19. The van der Waals surface area contributed by atoms with Gasteiger partial charge in [0, 0.05) is 0 Å². The van der Waals surface area contributed by atoms with Gasteiger partial charge in [-0.05, 0) is 5.56 Å². The summed E-state index contributed by atoms with van der Waals surface area (Å²) in [5.41, 5.74) is 0.903. The topological polar surface area (TPSA) is 122 Å². The van der Waals surface area contributed by atoms with Crippen molar-refractivity contribution < 1.29 is 19.7 Å². The van der Waals surface area contributed by atoms with Crippen LogP contribution in [0.2, 0.25) is 0 Å². The van der Waals surface area contributed by atoms with E-state index in [0.717, 1.165) is 5.56 Å². The minimum absolute atomic E-state index is 0.271. The second kappa shape index (κ2) is 6.96. The number of hydrogen-bond acceptors (Lipinski definition) is 7. The van der Waals surface area contributed by atoms with Crippen LogP contribution in [0, 0.1) is 0 Å². The van der Waals surface area contributed by atoms with Crippen molar-refractivity contribution in [3.05, 3.63) is 58.8 Å². The molecule has 1 saturated heterocycles. The monoisotopic (exact) mass is 358 g/mol. The van der Waals surface area contributed by atoms with Crippen molar-refractivity contribution in [2.24, 2.45) is 0 Å². The lowest BCUT2D eigenvalue weighted by Crippen LogP contribution is -2.36. The molecule has 1 aliphatic heterocycles. The highest BCUT2D eigenvalue weighted by atomic mass is 16.6. The first-order chi connectivity index (χ1) is 12.7. The molecule has 9 nitrogen and oxygen atoms in total. The van der Waals surface area contributed by atoms with Crippen LogP contribution in [-0.4, -0.2) is 54.9 Å². The summed E-state index contributed by atoms with van der Waals surface area (Å²) in [6.07, 6.45) is -0.841. The summed E-state index contributed by atoms with van der Waals surface area (Å²) in [6, 6.07) is 9.51. The van der Waals surface area contributed by atoms with Crippen LogP contribution in [0.4, 0.5) is 0 Å². The zero-order chi connectivity index (χ0) is 18.1. The molecule has 9 heteroatoms. The Kier molecular flexibility index (Phi) is 4.51. The number of ether oxygens (including phenoxy) is 2. The number of aromatic nitrogens is 4. The van der Waals surface area contributed by atoms with Crippen LogP contribution < -0.4 is 5.56 Å². The normalized spacial score (nSPS) is 25.8. The van der Waals surface area contributed by atoms with Crippen LogP contribution in [0.5, 0.6) is 0 Å². The molecule has 1 aromatic carbocycles. The predicted octanol–water partition coefficient (Wildman–Crippen LogP) is -0.0444. The molecule has 0 amide bonds. The molecule has 136 valence electrons. The van der Waals surface area contributed by atoms with Crippen molar-refractivity contribution in [2.45, 2.75) is 31.1 Å². The number of fused-ring (bicyclic) bond motifs is 1. The largest absolute Gasteiger partial charge is 0.394 e. The lowest BCUT2D eigenvalue weighted by atomic mass is 10.1. The van der Waals surface area contributed by atoms with E-state index in [9.17, 15) is 15.0 Å². The molecule has 0 radical (unpaired) electrons. The minimum atomic E-state index is -1.08. The number of H-pyrrole nitrogens is 1. The number of aliphatic hydroxyl groups excluding tert-OH is 2. The third-order valence-corrected chi connectivity index (χ3v) is 4.41. The van der Waals surface area contributed by atoms with Crippen molar-refractivity contribution >= 4 is 11.0 Å². The fraction of sp³-hybridized carbons (Fsp3) is 0.353. The number of hydrogen-bond donors (Lipinski definition) is 3. The molecule has 2 aromatic heterocycles. The van der Waals surface area contributed by atoms with Crippen molar-refractivity contribution in [1.29, 1.82) is 0 Å². The Morgan fingerprint density at radius 2 is 2.12 bits per heavy atom. The molecule has 0 aliphatic carbocycles. The van der Waals surface area contributed by atoms with E-state index in [-0.39, 0.29) is 29.8 Å². The Balaban J connectivity index is 1.58. The predicted molar refractivity (Wildman–Crippen MR) is 90.2 cm³/mol. The Morgan fingerprint density at radius 3 is 2.88 bits per heavy atom. The van der Waals surface area contributed by atoms with Gasteiger partial charge in [-0.25, -0.2) is 9.67 Å². The van der Waals surface area contributed by atoms with Gasteiger partial charge in [-0.2, -0.15) is 5.10 Å². The zero-order valence-electron chi connectivity index (χ0n) is 13.7. The molecule has 3 aromatic rings. The maximum Gasteiger partial charge on any atom is 0.261 e. The van der Waals surface area contributed by atoms with Crippen LogP contribution >= 0.6 is 0 Å². The molecular weight excluding hydrogens is 340 g/mol. The Bertz CT molecular complexity index is 941. The molecule has 0 unspecified atom stereocenters. The first-order valence-corrected chi connectivity index (χ1v) is 8.20. The summed E-state index contributed by atoms with van der Waals surface area (Å²) in [4.78, 5) is 18.4. The molecule has 1 fully saturated rings. The van der Waals surface area contributed by atoms with E-state index in [0.29, 0.717) is 0 Å². The third kappa shape index (κ3) is 2.90. The van der Waals surface area contributed by atoms with Gasteiger partial charge in [0.15, 0.2) is 11.9 Å². The van der Waals surface area contributed by atoms with Gasteiger partial charge in [0.2, 0.25) is 0 Å². The summed E-state index contributed by atoms with van der Waals surface area (Å²) >= 11 is 0. The van der Waals surface area contributed by atoms with Gasteiger partial charge in [0.25, 0.3) is 5.56 Å². The molecular formula is C17H18N4O5. The second-order valence-electron chi connectivity index (χ2n) is 6.06. The van der Waals surface area contributed by atoms with Gasteiger partial charge in [-0.3, -0.25) is 4.79 Å². The highest BCUT2D eigenvalue weighted by Crippen LogP contribution is 2.32. The summed E-state index contributed by atoms with van der Waals surface area (Å²) in [6.45, 7) is -0.0485. The standard InChI is InChI=1S/C17H18N4O5/c22-7-12-14(25-8-10-4-2-1-3-5-10)13(23)17(26-12)21-15-11(6-20-21)16(24)19-9-18-15/h1-6,9,12-14,17,22-23H,7-8H2,(H,18,19,24)/t12-,13-,14-,17-/m1/s1. The first-order valence-electron chi connectivity index (χ1n) is 8.20. The summed E-state index contributed by atoms with van der Waals surface area (Å²) in [7, 11) is 0. The number of benzene rings is 1. The summed E-state index contributed by atoms with van der Waals surface area (Å²) in [5.74, 6) is 0. The first kappa shape index (κ1) is 16.9. The molecule has 4 rings (SSSR count). The highest BCUT2D eigenvalue weighted by Gasteiger charge is 2.46. The Labute approximate surface area is 147 Å². The highest BCUT2D eigenvalue weighted by molar-refractivity contribution is 5.72. The van der Waals surface area contributed by atoms with E-state index in [1.807, 2.05) is 30.3 Å². The van der Waals surface area contributed by atoms with E-state index in [4.69, 9.17) is 9.47 Å². The van der Waals surface area contributed by atoms with Gasteiger partial charge >= 0.3 is 0 Å². The van der Waals surface area contributed by atoms with E-state index < -0.39 is 24.5 Å². The number of nitrogens with one attached hydrogen (secondary N) is 1. The molecule has 1 aliphatic rings. The molecule has 0 bridgehead atoms. The Hall–Kier alpha value is -2.59. The van der Waals surface area contributed by atoms with E-state index in [1.165, 1.54) is 17.2 Å². The van der Waals surface area contributed by atoms with Crippen LogP contribution in [-0.2, 0) is 16.1 Å². The smallest absolute Gasteiger partial charge is 0.261 e. The molecule has 4 atom stereocenters. The zero-order valence-corrected chi connectivity index (χ0v) is 13.7. The summed E-state index contributed by atoms with van der Waals surface area (Å²) in [5, 5.41) is 24.7. The molecule has 0 spiro atoms. The minimum Gasteiger partial charge on any atom is -0.394 e. The van der Waals surface area contributed by atoms with E-state index in [1.54, 1.807) is 0 Å². The maximum absolute atomic E-state index is 11.8. The lowest BCUT2D eigenvalue weighted by molar-refractivity contribution is -0.0666. The van der Waals surface area contributed by atoms with Gasteiger partial charge < -0.3 is 24.7 Å². The maximum atomic E-state index is 11.8. The van der Waals surface area contributed by atoms with Crippen molar-refractivity contribution in [2.75, 3.05) is 6.61 Å². The van der Waals surface area contributed by atoms with Gasteiger partial charge in [0.05, 0.1) is 25.7 Å². The average Bonchev–Trinajstić information content (AvgIpc) is 3.22. The van der Waals surface area contributed by atoms with Crippen LogP contribution in [0.3, 0.4) is 0 Å². The third-order valence-electron chi connectivity index (χ3n) is 4.41. The van der Waals surface area contributed by atoms with Crippen molar-refractivity contribution in [1.82, 2.24) is 19.7 Å². The molecule has 3 heterocycles. The van der Waals surface area contributed by atoms with Gasteiger partial charge in [0.1, 0.15) is 23.7 Å². The quantitative estimate of drug-likeness (QED) is 0.585. The van der Waals surface area contributed by atoms with Crippen LogP contribution in [0.15, 0.2) is 47.7 Å². The van der Waals surface area contributed by atoms with Crippen LogP contribution in [0.25, 0.3) is 11.0 Å². The number of nitrogens with zero attached hydrogens (tertiary/aromatic N) is 3. The SMILES string of the molecule is O=c1[nH]cnc2c1cnn2[C@@H]1O[C@H](CO)[C@@H](OCc2ccccc2)[C@H]1O. The molecule has 0 saturated carbocycles. The number of aromatic amines is 1.